The van der Waals surface area contributed by atoms with Crippen LogP contribution >= 0.6 is 0 Å². The Kier molecular flexibility index (Phi) is 5.92. The number of H-pyrrole nitrogens is 1. The van der Waals surface area contributed by atoms with Gasteiger partial charge in [-0.05, 0) is 63.0 Å². The van der Waals surface area contributed by atoms with Gasteiger partial charge in [-0.3, -0.25) is 0 Å². The summed E-state index contributed by atoms with van der Waals surface area (Å²) in [5.74, 6) is 0. The van der Waals surface area contributed by atoms with E-state index >= 15 is 0 Å². The lowest BCUT2D eigenvalue weighted by molar-refractivity contribution is 0.313. The molecule has 4 aromatic rings. The number of pyridine rings is 1. The molecule has 1 fully saturated rings. The molecular formula is C28H33N5. The lowest BCUT2D eigenvalue weighted by Gasteiger charge is -2.34. The fourth-order valence-electron chi connectivity index (χ4n) is 4.57. The average Bonchev–Trinajstić information content (AvgIpc) is 3.27. The second kappa shape index (κ2) is 9.00. The highest BCUT2D eigenvalue weighted by atomic mass is 15.2. The fourth-order valence-corrected chi connectivity index (χ4v) is 4.57. The number of hydrogen-bond donors (Lipinski definition) is 1. The van der Waals surface area contributed by atoms with Gasteiger partial charge in [-0.1, -0.05) is 36.4 Å². The molecule has 5 nitrogen and oxygen atoms in total. The van der Waals surface area contributed by atoms with Gasteiger partial charge in [-0.15, -0.1) is 0 Å². The van der Waals surface area contributed by atoms with Crippen LogP contribution in [0, 0.1) is 0 Å². The van der Waals surface area contributed by atoms with Crippen molar-refractivity contribution in [1.29, 1.82) is 0 Å². The summed E-state index contributed by atoms with van der Waals surface area (Å²) in [6.07, 6.45) is 4.04. The highest BCUT2D eigenvalue weighted by Gasteiger charge is 2.15. The zero-order valence-electron chi connectivity index (χ0n) is 20.0. The van der Waals surface area contributed by atoms with Crippen molar-refractivity contribution in [3.8, 4) is 22.3 Å². The van der Waals surface area contributed by atoms with E-state index in [1.807, 2.05) is 6.20 Å². The van der Waals surface area contributed by atoms with Crippen molar-refractivity contribution in [2.75, 3.05) is 52.2 Å². The highest BCUT2D eigenvalue weighted by molar-refractivity contribution is 5.95. The van der Waals surface area contributed by atoms with Crippen molar-refractivity contribution in [2.45, 2.75) is 13.0 Å². The van der Waals surface area contributed by atoms with E-state index in [2.05, 4.69) is 109 Å². The summed E-state index contributed by atoms with van der Waals surface area (Å²) in [5, 5.41) is 1.16. The Morgan fingerprint density at radius 2 is 1.55 bits per heavy atom. The number of benzene rings is 2. The summed E-state index contributed by atoms with van der Waals surface area (Å²) in [4.78, 5) is 15.1. The molecule has 33 heavy (non-hydrogen) atoms. The predicted molar refractivity (Wildman–Crippen MR) is 139 cm³/mol. The molecule has 2 aromatic carbocycles. The second-order valence-corrected chi connectivity index (χ2v) is 9.42. The van der Waals surface area contributed by atoms with E-state index in [0.717, 1.165) is 42.8 Å². The van der Waals surface area contributed by atoms with E-state index in [1.54, 1.807) is 0 Å². The number of piperazine rings is 1. The second-order valence-electron chi connectivity index (χ2n) is 9.42. The Bertz CT molecular complexity index is 1220. The van der Waals surface area contributed by atoms with Gasteiger partial charge < -0.3 is 19.7 Å². The Hall–Kier alpha value is -3.15. The zero-order chi connectivity index (χ0) is 22.9. The summed E-state index contributed by atoms with van der Waals surface area (Å²) in [6, 6.07) is 20.5. The third kappa shape index (κ3) is 4.39. The van der Waals surface area contributed by atoms with Crippen LogP contribution in [-0.4, -0.2) is 67.1 Å². The standard InChI is InChI=1S/C28H33N5/c1-20(31(2)3)21-5-7-23(8-6-21)27-19-30-28-26(27)17-24(18-29-28)22-9-11-25(12-10-22)33-15-13-32(4)14-16-33/h5-12,17-20H,13-16H2,1-4H3,(H,29,30). The van der Waals surface area contributed by atoms with Crippen molar-refractivity contribution in [1.82, 2.24) is 19.8 Å². The number of hydrogen-bond acceptors (Lipinski definition) is 4. The molecule has 1 unspecified atom stereocenters. The Balaban J connectivity index is 1.41. The normalized spacial score (nSPS) is 16.0. The number of aromatic nitrogens is 2. The van der Waals surface area contributed by atoms with E-state index in [1.165, 1.54) is 27.9 Å². The quantitative estimate of drug-likeness (QED) is 0.460. The summed E-state index contributed by atoms with van der Waals surface area (Å²) < 4.78 is 0. The fraction of sp³-hybridized carbons (Fsp3) is 0.321. The van der Waals surface area contributed by atoms with Crippen LogP contribution in [0.15, 0.2) is 67.0 Å². The number of nitrogens with one attached hydrogen (secondary N) is 1. The largest absolute Gasteiger partial charge is 0.369 e. The molecule has 5 heteroatoms. The summed E-state index contributed by atoms with van der Waals surface area (Å²) >= 11 is 0. The van der Waals surface area contributed by atoms with Crippen LogP contribution in [0.2, 0.25) is 0 Å². The molecule has 170 valence electrons. The molecule has 1 aliphatic heterocycles. The van der Waals surface area contributed by atoms with E-state index in [9.17, 15) is 0 Å². The zero-order valence-corrected chi connectivity index (χ0v) is 20.0. The molecule has 1 aliphatic rings. The molecule has 0 saturated carbocycles. The maximum absolute atomic E-state index is 4.72. The third-order valence-electron chi connectivity index (χ3n) is 7.08. The van der Waals surface area contributed by atoms with Crippen molar-refractivity contribution < 1.29 is 0 Å². The molecule has 3 heterocycles. The number of aromatic amines is 1. The SMILES string of the molecule is CC(c1ccc(-c2c[nH]c3ncc(-c4ccc(N5CCN(C)CC5)cc4)cc23)cc1)N(C)C. The minimum Gasteiger partial charge on any atom is -0.369 e. The molecule has 0 radical (unpaired) electrons. The van der Waals surface area contributed by atoms with Crippen LogP contribution in [0.4, 0.5) is 5.69 Å². The van der Waals surface area contributed by atoms with Crippen molar-refractivity contribution in [3.05, 3.63) is 72.6 Å². The van der Waals surface area contributed by atoms with Crippen LogP contribution in [0.5, 0.6) is 0 Å². The van der Waals surface area contributed by atoms with Crippen LogP contribution in [0.25, 0.3) is 33.3 Å². The lowest BCUT2D eigenvalue weighted by atomic mass is 9.99. The molecule has 2 aromatic heterocycles. The van der Waals surface area contributed by atoms with E-state index < -0.39 is 0 Å². The molecular weight excluding hydrogens is 406 g/mol. The molecule has 1 atom stereocenters. The van der Waals surface area contributed by atoms with Gasteiger partial charge in [0.1, 0.15) is 5.65 Å². The number of anilines is 1. The van der Waals surface area contributed by atoms with Crippen LogP contribution in [-0.2, 0) is 0 Å². The van der Waals surface area contributed by atoms with Gasteiger partial charge in [-0.25, -0.2) is 4.98 Å². The van der Waals surface area contributed by atoms with Gasteiger partial charge >= 0.3 is 0 Å². The number of rotatable bonds is 5. The minimum atomic E-state index is 0.393. The third-order valence-corrected chi connectivity index (χ3v) is 7.08. The van der Waals surface area contributed by atoms with Crippen molar-refractivity contribution >= 4 is 16.7 Å². The van der Waals surface area contributed by atoms with E-state index in [-0.39, 0.29) is 0 Å². The van der Waals surface area contributed by atoms with Gasteiger partial charge in [0.05, 0.1) is 0 Å². The lowest BCUT2D eigenvalue weighted by Crippen LogP contribution is -2.44. The highest BCUT2D eigenvalue weighted by Crippen LogP contribution is 2.32. The molecule has 0 bridgehead atoms. The summed E-state index contributed by atoms with van der Waals surface area (Å²) in [7, 11) is 6.42. The molecule has 0 spiro atoms. The Labute approximate surface area is 196 Å². The summed E-state index contributed by atoms with van der Waals surface area (Å²) in [5.41, 5.74) is 8.29. The predicted octanol–water partition coefficient (Wildman–Crippen LogP) is 5.27. The first-order valence-corrected chi connectivity index (χ1v) is 11.8. The van der Waals surface area contributed by atoms with Crippen LogP contribution in [0.1, 0.15) is 18.5 Å². The van der Waals surface area contributed by atoms with Gasteiger partial charge in [-0.2, -0.15) is 0 Å². The smallest absolute Gasteiger partial charge is 0.137 e. The average molecular weight is 440 g/mol. The molecule has 0 amide bonds. The topological polar surface area (TPSA) is 38.4 Å². The Morgan fingerprint density at radius 3 is 2.21 bits per heavy atom. The van der Waals surface area contributed by atoms with E-state index in [0.29, 0.717) is 6.04 Å². The van der Waals surface area contributed by atoms with E-state index in [4.69, 9.17) is 4.98 Å². The molecule has 1 N–H and O–H groups in total. The number of likely N-dealkylation sites (N-methyl/N-ethyl adjacent to an activating group) is 1. The minimum absolute atomic E-state index is 0.393. The van der Waals surface area contributed by atoms with Crippen LogP contribution < -0.4 is 4.90 Å². The van der Waals surface area contributed by atoms with Gasteiger partial charge in [0.2, 0.25) is 0 Å². The van der Waals surface area contributed by atoms with Gasteiger partial charge in [0.15, 0.2) is 0 Å². The maximum Gasteiger partial charge on any atom is 0.137 e. The maximum atomic E-state index is 4.72. The monoisotopic (exact) mass is 439 g/mol. The van der Waals surface area contributed by atoms with Crippen molar-refractivity contribution in [3.63, 3.8) is 0 Å². The van der Waals surface area contributed by atoms with Crippen molar-refractivity contribution in [2.24, 2.45) is 0 Å². The van der Waals surface area contributed by atoms with Crippen LogP contribution in [0.3, 0.4) is 0 Å². The number of fused-ring (bicyclic) bond motifs is 1. The first-order valence-electron chi connectivity index (χ1n) is 11.8. The molecule has 1 saturated heterocycles. The first-order chi connectivity index (χ1) is 16.0. The summed E-state index contributed by atoms with van der Waals surface area (Å²) in [6.45, 7) is 6.64. The number of nitrogens with zero attached hydrogens (tertiary/aromatic N) is 4. The van der Waals surface area contributed by atoms with Gasteiger partial charge in [0.25, 0.3) is 0 Å². The Morgan fingerprint density at radius 1 is 0.879 bits per heavy atom. The molecule has 5 rings (SSSR count). The molecule has 0 aliphatic carbocycles. The van der Waals surface area contributed by atoms with Gasteiger partial charge in [0, 0.05) is 66.8 Å². The first kappa shape index (κ1) is 21.7.